The molecule has 1 aromatic rings. The molecule has 0 aliphatic heterocycles. The van der Waals surface area contributed by atoms with Gasteiger partial charge in [0.2, 0.25) is 5.76 Å². The molecule has 0 aromatic carbocycles. The number of hydrogen-bond donors (Lipinski definition) is 0. The smallest absolute Gasteiger partial charge is 0.269 e. The van der Waals surface area contributed by atoms with Gasteiger partial charge in [0.25, 0.3) is 6.43 Å². The summed E-state index contributed by atoms with van der Waals surface area (Å²) in [6, 6.07) is 0. The zero-order valence-electron chi connectivity index (χ0n) is 4.75. The highest BCUT2D eigenvalue weighted by molar-refractivity contribution is 5.72. The largest absolute Gasteiger partial charge is 0.353 e. The maximum absolute atomic E-state index is 11.8. The molecule has 3 nitrogen and oxygen atoms in total. The average molecular weight is 147 g/mol. The minimum atomic E-state index is -2.70. The van der Waals surface area contributed by atoms with E-state index in [9.17, 15) is 13.6 Å². The van der Waals surface area contributed by atoms with E-state index in [1.807, 2.05) is 0 Å². The fourth-order valence-electron chi connectivity index (χ4n) is 0.510. The lowest BCUT2D eigenvalue weighted by Crippen LogP contribution is -1.85. The van der Waals surface area contributed by atoms with Gasteiger partial charge in [-0.05, 0) is 0 Å². The first-order chi connectivity index (χ1) is 4.75. The van der Waals surface area contributed by atoms with Gasteiger partial charge in [-0.2, -0.15) is 0 Å². The predicted molar refractivity (Wildman–Crippen MR) is 26.8 cm³/mol. The van der Waals surface area contributed by atoms with Gasteiger partial charge in [0.15, 0.2) is 6.29 Å². The summed E-state index contributed by atoms with van der Waals surface area (Å²) in [5, 5.41) is 3.03. The van der Waals surface area contributed by atoms with E-state index >= 15 is 0 Å². The Balaban J connectivity index is 3.01. The SMILES string of the molecule is O=Cc1oncc1C(F)F. The molecule has 0 unspecified atom stereocenters. The van der Waals surface area contributed by atoms with Gasteiger partial charge in [0.05, 0.1) is 11.8 Å². The van der Waals surface area contributed by atoms with Crippen molar-refractivity contribution in [1.82, 2.24) is 5.16 Å². The van der Waals surface area contributed by atoms with Crippen molar-refractivity contribution in [3.05, 3.63) is 17.5 Å². The standard InChI is InChI=1S/C5H3F2NO2/c6-5(7)3-1-8-10-4(3)2-9/h1-2,5H. The summed E-state index contributed by atoms with van der Waals surface area (Å²) in [5.41, 5.74) is -0.463. The Labute approximate surface area is 54.6 Å². The van der Waals surface area contributed by atoms with Crippen molar-refractivity contribution in [2.75, 3.05) is 0 Å². The number of nitrogens with zero attached hydrogens (tertiary/aromatic N) is 1. The molecular formula is C5H3F2NO2. The highest BCUT2D eigenvalue weighted by atomic mass is 19.3. The van der Waals surface area contributed by atoms with E-state index in [2.05, 4.69) is 9.68 Å². The van der Waals surface area contributed by atoms with Crippen LogP contribution in [0.1, 0.15) is 22.5 Å². The summed E-state index contributed by atoms with van der Waals surface area (Å²) in [5.74, 6) is -0.407. The predicted octanol–water partition coefficient (Wildman–Crippen LogP) is 1.42. The maximum Gasteiger partial charge on any atom is 0.269 e. The van der Waals surface area contributed by atoms with Crippen molar-refractivity contribution in [3.8, 4) is 0 Å². The Morgan fingerprint density at radius 2 is 2.40 bits per heavy atom. The second-order valence-corrected chi connectivity index (χ2v) is 1.56. The Kier molecular flexibility index (Phi) is 1.75. The molecule has 0 N–H and O–H groups in total. The summed E-state index contributed by atoms with van der Waals surface area (Å²) < 4.78 is 27.8. The van der Waals surface area contributed by atoms with Gasteiger partial charge >= 0.3 is 0 Å². The summed E-state index contributed by atoms with van der Waals surface area (Å²) in [4.78, 5) is 9.93. The number of hydrogen-bond acceptors (Lipinski definition) is 3. The number of aromatic nitrogens is 1. The first-order valence-corrected chi connectivity index (χ1v) is 2.43. The van der Waals surface area contributed by atoms with Crippen LogP contribution in [0.3, 0.4) is 0 Å². The van der Waals surface area contributed by atoms with Gasteiger partial charge in [-0.3, -0.25) is 4.79 Å². The second-order valence-electron chi connectivity index (χ2n) is 1.56. The number of halogens is 2. The van der Waals surface area contributed by atoms with E-state index in [0.717, 1.165) is 6.20 Å². The molecule has 0 radical (unpaired) electrons. The topological polar surface area (TPSA) is 43.1 Å². The van der Waals surface area contributed by atoms with Gasteiger partial charge in [0, 0.05) is 0 Å². The third-order valence-corrected chi connectivity index (χ3v) is 0.969. The van der Waals surface area contributed by atoms with Crippen LogP contribution in [0.4, 0.5) is 8.78 Å². The first-order valence-electron chi connectivity index (χ1n) is 2.43. The molecule has 0 aliphatic carbocycles. The highest BCUT2D eigenvalue weighted by Gasteiger charge is 2.16. The second kappa shape index (κ2) is 2.55. The van der Waals surface area contributed by atoms with E-state index in [0.29, 0.717) is 0 Å². The quantitative estimate of drug-likeness (QED) is 0.594. The van der Waals surface area contributed by atoms with Crippen LogP contribution in [-0.2, 0) is 0 Å². The van der Waals surface area contributed by atoms with E-state index in [-0.39, 0.29) is 6.29 Å². The van der Waals surface area contributed by atoms with E-state index in [1.165, 1.54) is 0 Å². The average Bonchev–Trinajstić information content (AvgIpc) is 2.33. The molecular weight excluding hydrogens is 144 g/mol. The summed E-state index contributed by atoms with van der Waals surface area (Å²) in [6.45, 7) is 0. The lowest BCUT2D eigenvalue weighted by molar-refractivity contribution is 0.107. The zero-order valence-corrected chi connectivity index (χ0v) is 4.75. The number of carbonyl (C=O) groups is 1. The first kappa shape index (κ1) is 6.85. The summed E-state index contributed by atoms with van der Waals surface area (Å²) in [6.07, 6.45) is -1.67. The molecule has 0 saturated heterocycles. The van der Waals surface area contributed by atoms with Gasteiger partial charge in [-0.25, -0.2) is 8.78 Å². The molecule has 1 rings (SSSR count). The molecule has 5 heteroatoms. The fraction of sp³-hybridized carbons (Fsp3) is 0.200. The van der Waals surface area contributed by atoms with Crippen LogP contribution in [0.15, 0.2) is 10.7 Å². The fourth-order valence-corrected chi connectivity index (χ4v) is 0.510. The van der Waals surface area contributed by atoms with Crippen molar-refractivity contribution in [2.24, 2.45) is 0 Å². The molecule has 1 heterocycles. The van der Waals surface area contributed by atoms with Crippen LogP contribution in [0, 0.1) is 0 Å². The van der Waals surface area contributed by atoms with Crippen molar-refractivity contribution in [1.29, 1.82) is 0 Å². The summed E-state index contributed by atoms with van der Waals surface area (Å²) >= 11 is 0. The highest BCUT2D eigenvalue weighted by Crippen LogP contribution is 2.20. The molecule has 54 valence electrons. The minimum Gasteiger partial charge on any atom is -0.353 e. The van der Waals surface area contributed by atoms with Crippen molar-refractivity contribution in [2.45, 2.75) is 6.43 Å². The van der Waals surface area contributed by atoms with Crippen molar-refractivity contribution >= 4 is 6.29 Å². The van der Waals surface area contributed by atoms with Gasteiger partial charge in [0.1, 0.15) is 0 Å². The lowest BCUT2D eigenvalue weighted by Gasteiger charge is -1.89. The molecule has 0 amide bonds. The van der Waals surface area contributed by atoms with E-state index in [4.69, 9.17) is 0 Å². The van der Waals surface area contributed by atoms with Gasteiger partial charge < -0.3 is 4.52 Å². The molecule has 0 bridgehead atoms. The third-order valence-electron chi connectivity index (χ3n) is 0.969. The van der Waals surface area contributed by atoms with Crippen LogP contribution >= 0.6 is 0 Å². The molecule has 0 saturated carbocycles. The zero-order chi connectivity index (χ0) is 7.56. The Hall–Kier alpha value is -1.26. The van der Waals surface area contributed by atoms with E-state index in [1.54, 1.807) is 0 Å². The third kappa shape index (κ3) is 1.02. The Morgan fingerprint density at radius 1 is 1.70 bits per heavy atom. The van der Waals surface area contributed by atoms with Crippen LogP contribution < -0.4 is 0 Å². The number of carbonyl (C=O) groups excluding carboxylic acids is 1. The number of aldehydes is 1. The van der Waals surface area contributed by atoms with Crippen molar-refractivity contribution in [3.63, 3.8) is 0 Å². The monoisotopic (exact) mass is 147 g/mol. The maximum atomic E-state index is 11.8. The van der Waals surface area contributed by atoms with Crippen LogP contribution in [0.5, 0.6) is 0 Å². The molecule has 10 heavy (non-hydrogen) atoms. The Morgan fingerprint density at radius 3 is 2.80 bits per heavy atom. The van der Waals surface area contributed by atoms with Crippen molar-refractivity contribution < 1.29 is 18.1 Å². The van der Waals surface area contributed by atoms with Crippen LogP contribution in [0.25, 0.3) is 0 Å². The minimum absolute atomic E-state index is 0.203. The molecule has 0 fully saturated rings. The van der Waals surface area contributed by atoms with Crippen LogP contribution in [0.2, 0.25) is 0 Å². The normalized spacial score (nSPS) is 10.3. The van der Waals surface area contributed by atoms with Gasteiger partial charge in [-0.1, -0.05) is 5.16 Å². The molecule has 0 atom stereocenters. The molecule has 0 aliphatic rings. The van der Waals surface area contributed by atoms with Gasteiger partial charge in [-0.15, -0.1) is 0 Å². The molecule has 0 spiro atoms. The number of rotatable bonds is 2. The summed E-state index contributed by atoms with van der Waals surface area (Å²) in [7, 11) is 0. The lowest BCUT2D eigenvalue weighted by atomic mass is 10.3. The van der Waals surface area contributed by atoms with Crippen LogP contribution in [-0.4, -0.2) is 11.4 Å². The number of alkyl halides is 2. The Bertz CT molecular complexity index is 233. The van der Waals surface area contributed by atoms with E-state index < -0.39 is 17.7 Å². The molecule has 1 aromatic heterocycles.